The molecule has 19 heavy (non-hydrogen) atoms. The van der Waals surface area contributed by atoms with Crippen molar-refractivity contribution in [3.05, 3.63) is 22.7 Å². The molecule has 100 valence electrons. The number of nitrogens with zero attached hydrogens (tertiary/aromatic N) is 1. The van der Waals surface area contributed by atoms with Crippen LogP contribution in [0.4, 0.5) is 5.69 Å². The van der Waals surface area contributed by atoms with Crippen LogP contribution in [-0.2, 0) is 0 Å². The van der Waals surface area contributed by atoms with Gasteiger partial charge >= 0.3 is 0 Å². The number of amides is 1. The van der Waals surface area contributed by atoms with Crippen LogP contribution in [0.15, 0.2) is 12.3 Å². The van der Waals surface area contributed by atoms with Gasteiger partial charge in [0.2, 0.25) is 0 Å². The Hall–Kier alpha value is -1.62. The monoisotopic (exact) mass is 275 g/mol. The molecule has 5 heteroatoms. The van der Waals surface area contributed by atoms with E-state index in [-0.39, 0.29) is 5.91 Å². The fourth-order valence-corrected chi connectivity index (χ4v) is 3.53. The number of aromatic nitrogens is 1. The second kappa shape index (κ2) is 4.49. The molecule has 0 spiro atoms. The predicted octanol–water partition coefficient (Wildman–Crippen LogP) is 2.72. The van der Waals surface area contributed by atoms with Crippen LogP contribution in [0.5, 0.6) is 0 Å². The summed E-state index contributed by atoms with van der Waals surface area (Å²) >= 11 is 1.38. The predicted molar refractivity (Wildman–Crippen MR) is 78.4 cm³/mol. The quantitative estimate of drug-likeness (QED) is 0.905. The SMILES string of the molecule is CCC1CC1NC(=O)c1sc2nccc(C)c2c1N. The molecule has 2 heterocycles. The number of nitrogens with two attached hydrogens (primary N) is 1. The van der Waals surface area contributed by atoms with Gasteiger partial charge in [-0.3, -0.25) is 4.79 Å². The van der Waals surface area contributed by atoms with Crippen molar-refractivity contribution in [2.24, 2.45) is 5.92 Å². The molecular formula is C14H17N3OS. The highest BCUT2D eigenvalue weighted by Gasteiger charge is 2.37. The minimum atomic E-state index is -0.0548. The fraction of sp³-hybridized carbons (Fsp3) is 0.429. The first-order valence-electron chi connectivity index (χ1n) is 6.56. The van der Waals surface area contributed by atoms with Crippen molar-refractivity contribution < 1.29 is 4.79 Å². The summed E-state index contributed by atoms with van der Waals surface area (Å²) in [5.41, 5.74) is 7.75. The van der Waals surface area contributed by atoms with E-state index in [2.05, 4.69) is 17.2 Å². The maximum atomic E-state index is 12.2. The summed E-state index contributed by atoms with van der Waals surface area (Å²) < 4.78 is 0. The van der Waals surface area contributed by atoms with Gasteiger partial charge in [0, 0.05) is 17.6 Å². The van der Waals surface area contributed by atoms with Crippen LogP contribution in [0.25, 0.3) is 10.2 Å². The van der Waals surface area contributed by atoms with Gasteiger partial charge < -0.3 is 11.1 Å². The van der Waals surface area contributed by atoms with Gasteiger partial charge in [0.1, 0.15) is 9.71 Å². The van der Waals surface area contributed by atoms with Gasteiger partial charge in [0.15, 0.2) is 0 Å². The molecule has 0 bridgehead atoms. The van der Waals surface area contributed by atoms with E-state index in [4.69, 9.17) is 5.73 Å². The highest BCUT2D eigenvalue weighted by atomic mass is 32.1. The van der Waals surface area contributed by atoms with Gasteiger partial charge in [-0.15, -0.1) is 11.3 Å². The first-order chi connectivity index (χ1) is 9.11. The summed E-state index contributed by atoms with van der Waals surface area (Å²) in [4.78, 5) is 18.0. The Kier molecular flexibility index (Phi) is 2.93. The largest absolute Gasteiger partial charge is 0.397 e. The third-order valence-corrected chi connectivity index (χ3v) is 4.92. The van der Waals surface area contributed by atoms with E-state index in [1.165, 1.54) is 11.3 Å². The molecule has 1 fully saturated rings. The zero-order valence-electron chi connectivity index (χ0n) is 11.1. The van der Waals surface area contributed by atoms with Crippen LogP contribution < -0.4 is 11.1 Å². The topological polar surface area (TPSA) is 68.0 Å². The van der Waals surface area contributed by atoms with Gasteiger partial charge in [0.05, 0.1) is 5.69 Å². The number of nitrogens with one attached hydrogen (secondary N) is 1. The normalized spacial score (nSPS) is 21.6. The summed E-state index contributed by atoms with van der Waals surface area (Å²) in [5.74, 6) is 0.584. The zero-order chi connectivity index (χ0) is 13.6. The maximum absolute atomic E-state index is 12.2. The Labute approximate surface area is 116 Å². The number of anilines is 1. The molecule has 1 aliphatic carbocycles. The molecule has 0 radical (unpaired) electrons. The fourth-order valence-electron chi connectivity index (χ4n) is 2.48. The first-order valence-corrected chi connectivity index (χ1v) is 7.38. The molecule has 3 N–H and O–H groups in total. The van der Waals surface area contributed by atoms with Crippen molar-refractivity contribution in [1.82, 2.24) is 10.3 Å². The Morgan fingerprint density at radius 3 is 3.05 bits per heavy atom. The number of carbonyl (C=O) groups excluding carboxylic acids is 1. The van der Waals surface area contributed by atoms with Gasteiger partial charge in [-0.05, 0) is 30.9 Å². The lowest BCUT2D eigenvalue weighted by Crippen LogP contribution is -2.26. The lowest BCUT2D eigenvalue weighted by molar-refractivity contribution is 0.0954. The number of hydrogen-bond acceptors (Lipinski definition) is 4. The molecule has 0 aromatic carbocycles. The Balaban J connectivity index is 1.90. The van der Waals surface area contributed by atoms with E-state index in [9.17, 15) is 4.79 Å². The van der Waals surface area contributed by atoms with Crippen molar-refractivity contribution in [2.45, 2.75) is 32.7 Å². The molecular weight excluding hydrogens is 258 g/mol. The van der Waals surface area contributed by atoms with Crippen LogP contribution in [0.3, 0.4) is 0 Å². The number of fused-ring (bicyclic) bond motifs is 1. The van der Waals surface area contributed by atoms with Gasteiger partial charge in [-0.2, -0.15) is 0 Å². The highest BCUT2D eigenvalue weighted by Crippen LogP contribution is 2.36. The lowest BCUT2D eigenvalue weighted by Gasteiger charge is -2.03. The molecule has 2 unspecified atom stereocenters. The molecule has 1 amide bonds. The number of carbonyl (C=O) groups is 1. The maximum Gasteiger partial charge on any atom is 0.263 e. The molecule has 2 atom stereocenters. The average molecular weight is 275 g/mol. The Bertz CT molecular complexity index is 649. The Morgan fingerprint density at radius 2 is 2.42 bits per heavy atom. The van der Waals surface area contributed by atoms with E-state index < -0.39 is 0 Å². The van der Waals surface area contributed by atoms with Gasteiger partial charge in [-0.25, -0.2) is 4.98 Å². The van der Waals surface area contributed by atoms with Crippen LogP contribution in [-0.4, -0.2) is 16.9 Å². The number of nitrogen functional groups attached to an aromatic ring is 1. The second-order valence-corrected chi connectivity index (χ2v) is 6.14. The smallest absolute Gasteiger partial charge is 0.263 e. The first kappa shape index (κ1) is 12.4. The minimum Gasteiger partial charge on any atom is -0.397 e. The van der Waals surface area contributed by atoms with Gasteiger partial charge in [0.25, 0.3) is 5.91 Å². The van der Waals surface area contributed by atoms with Crippen molar-refractivity contribution in [2.75, 3.05) is 5.73 Å². The third-order valence-electron chi connectivity index (χ3n) is 3.81. The van der Waals surface area contributed by atoms with E-state index in [0.717, 1.165) is 28.6 Å². The van der Waals surface area contributed by atoms with Crippen molar-refractivity contribution in [3.63, 3.8) is 0 Å². The standard InChI is InChI=1S/C14H17N3OS/c1-3-8-6-9(8)17-13(18)12-11(15)10-7(2)4-5-16-14(10)19-12/h4-5,8-9H,3,6,15H2,1-2H3,(H,17,18). The minimum absolute atomic E-state index is 0.0548. The number of rotatable bonds is 3. The van der Waals surface area contributed by atoms with Crippen molar-refractivity contribution in [1.29, 1.82) is 0 Å². The number of pyridine rings is 1. The molecule has 1 aliphatic rings. The molecule has 4 nitrogen and oxygen atoms in total. The number of aryl methyl sites for hydroxylation is 1. The molecule has 0 aliphatic heterocycles. The number of hydrogen-bond donors (Lipinski definition) is 2. The molecule has 1 saturated carbocycles. The Morgan fingerprint density at radius 1 is 1.63 bits per heavy atom. The summed E-state index contributed by atoms with van der Waals surface area (Å²) in [6.45, 7) is 4.14. The van der Waals surface area contributed by atoms with Crippen molar-refractivity contribution >= 4 is 33.1 Å². The van der Waals surface area contributed by atoms with E-state index >= 15 is 0 Å². The third kappa shape index (κ3) is 2.08. The summed E-state index contributed by atoms with van der Waals surface area (Å²) in [5, 5.41) is 3.97. The molecule has 2 aromatic rings. The van der Waals surface area contributed by atoms with E-state index in [1.54, 1.807) is 6.20 Å². The van der Waals surface area contributed by atoms with Crippen LogP contribution in [0.1, 0.15) is 35.0 Å². The van der Waals surface area contributed by atoms with Crippen LogP contribution >= 0.6 is 11.3 Å². The van der Waals surface area contributed by atoms with E-state index in [1.807, 2.05) is 13.0 Å². The summed E-state index contributed by atoms with van der Waals surface area (Å²) in [7, 11) is 0. The van der Waals surface area contributed by atoms with Crippen molar-refractivity contribution in [3.8, 4) is 0 Å². The lowest BCUT2D eigenvalue weighted by atomic mass is 10.2. The van der Waals surface area contributed by atoms with Gasteiger partial charge in [-0.1, -0.05) is 13.3 Å². The second-order valence-electron chi connectivity index (χ2n) is 5.14. The highest BCUT2D eigenvalue weighted by molar-refractivity contribution is 7.21. The van der Waals surface area contributed by atoms with E-state index in [0.29, 0.717) is 22.5 Å². The number of thiophene rings is 1. The zero-order valence-corrected chi connectivity index (χ0v) is 11.9. The summed E-state index contributed by atoms with van der Waals surface area (Å²) in [6, 6.07) is 2.25. The molecule has 2 aromatic heterocycles. The van der Waals surface area contributed by atoms with Crippen LogP contribution in [0, 0.1) is 12.8 Å². The average Bonchev–Trinajstić information content (AvgIpc) is 3.04. The van der Waals surface area contributed by atoms with Crippen LogP contribution in [0.2, 0.25) is 0 Å². The summed E-state index contributed by atoms with van der Waals surface area (Å²) in [6.07, 6.45) is 3.96. The molecule has 3 rings (SSSR count). The molecule has 0 saturated heterocycles.